The summed E-state index contributed by atoms with van der Waals surface area (Å²) in [5.74, 6) is 1.27. The summed E-state index contributed by atoms with van der Waals surface area (Å²) < 4.78 is 23.6. The quantitative estimate of drug-likeness (QED) is 0.846. The van der Waals surface area contributed by atoms with Crippen LogP contribution >= 0.6 is 0 Å². The Kier molecular flexibility index (Phi) is 5.58. The van der Waals surface area contributed by atoms with Gasteiger partial charge in [0.1, 0.15) is 5.82 Å². The summed E-state index contributed by atoms with van der Waals surface area (Å²) in [5.41, 5.74) is 2.16. The van der Waals surface area contributed by atoms with Crippen LogP contribution in [0.4, 0.5) is 4.39 Å². The van der Waals surface area contributed by atoms with Gasteiger partial charge >= 0.3 is 0 Å². The van der Waals surface area contributed by atoms with Gasteiger partial charge in [-0.15, -0.1) is 0 Å². The molecule has 0 aliphatic heterocycles. The molecule has 0 aromatic heterocycles. The molecular weight excluding hydrogens is 269 g/mol. The van der Waals surface area contributed by atoms with E-state index >= 15 is 0 Å². The molecular formula is C17H20FNO2. The van der Waals surface area contributed by atoms with E-state index in [2.05, 4.69) is 5.32 Å². The first-order chi connectivity index (χ1) is 10.2. The Balaban J connectivity index is 1.92. The molecule has 4 heteroatoms. The zero-order valence-corrected chi connectivity index (χ0v) is 12.4. The maximum absolute atomic E-state index is 12.8. The Labute approximate surface area is 124 Å². The van der Waals surface area contributed by atoms with Gasteiger partial charge in [-0.05, 0) is 42.3 Å². The molecule has 21 heavy (non-hydrogen) atoms. The number of hydrogen-bond donors (Lipinski definition) is 1. The van der Waals surface area contributed by atoms with Crippen molar-refractivity contribution in [3.63, 3.8) is 0 Å². The molecule has 0 spiro atoms. The molecule has 0 amide bonds. The normalized spacial score (nSPS) is 10.4. The first-order valence-electron chi connectivity index (χ1n) is 6.97. The largest absolute Gasteiger partial charge is 0.493 e. The van der Waals surface area contributed by atoms with Gasteiger partial charge in [0.05, 0.1) is 13.7 Å². The van der Waals surface area contributed by atoms with Crippen molar-refractivity contribution in [3.05, 3.63) is 59.4 Å². The SMILES string of the molecule is CCOc1ccc(CNCc2ccc(F)cc2)cc1OC. The van der Waals surface area contributed by atoms with Gasteiger partial charge in [-0.25, -0.2) is 4.39 Å². The van der Waals surface area contributed by atoms with E-state index in [1.807, 2.05) is 25.1 Å². The Morgan fingerprint density at radius 1 is 0.952 bits per heavy atom. The van der Waals surface area contributed by atoms with Crippen LogP contribution in [0.3, 0.4) is 0 Å². The average molecular weight is 289 g/mol. The van der Waals surface area contributed by atoms with E-state index in [-0.39, 0.29) is 5.82 Å². The molecule has 1 N–H and O–H groups in total. The van der Waals surface area contributed by atoms with E-state index in [1.165, 1.54) is 12.1 Å². The van der Waals surface area contributed by atoms with E-state index in [0.717, 1.165) is 22.6 Å². The molecule has 0 saturated heterocycles. The molecule has 2 rings (SSSR count). The highest BCUT2D eigenvalue weighted by atomic mass is 19.1. The second kappa shape index (κ2) is 7.64. The maximum atomic E-state index is 12.8. The van der Waals surface area contributed by atoms with E-state index in [9.17, 15) is 4.39 Å². The highest BCUT2D eigenvalue weighted by Gasteiger charge is 2.05. The van der Waals surface area contributed by atoms with Crippen LogP contribution in [0, 0.1) is 5.82 Å². The fourth-order valence-electron chi connectivity index (χ4n) is 2.05. The Hall–Kier alpha value is -2.07. The van der Waals surface area contributed by atoms with Crippen molar-refractivity contribution in [2.75, 3.05) is 13.7 Å². The van der Waals surface area contributed by atoms with Crippen molar-refractivity contribution < 1.29 is 13.9 Å². The minimum Gasteiger partial charge on any atom is -0.493 e. The van der Waals surface area contributed by atoms with Gasteiger partial charge in [0.15, 0.2) is 11.5 Å². The van der Waals surface area contributed by atoms with Crippen LogP contribution in [-0.4, -0.2) is 13.7 Å². The Bertz CT molecular complexity index is 570. The van der Waals surface area contributed by atoms with Crippen LogP contribution in [0.5, 0.6) is 11.5 Å². The van der Waals surface area contributed by atoms with Crippen molar-refractivity contribution in [2.24, 2.45) is 0 Å². The first-order valence-corrected chi connectivity index (χ1v) is 6.97. The third-order valence-corrected chi connectivity index (χ3v) is 3.10. The van der Waals surface area contributed by atoms with Crippen LogP contribution in [0.15, 0.2) is 42.5 Å². The van der Waals surface area contributed by atoms with Crippen molar-refractivity contribution >= 4 is 0 Å². The van der Waals surface area contributed by atoms with Crippen molar-refractivity contribution in [2.45, 2.75) is 20.0 Å². The van der Waals surface area contributed by atoms with Crippen LogP contribution in [0.2, 0.25) is 0 Å². The average Bonchev–Trinajstić information content (AvgIpc) is 2.51. The van der Waals surface area contributed by atoms with Crippen molar-refractivity contribution in [1.82, 2.24) is 5.32 Å². The molecule has 2 aromatic carbocycles. The fraction of sp³-hybridized carbons (Fsp3) is 0.294. The van der Waals surface area contributed by atoms with E-state index in [0.29, 0.717) is 19.7 Å². The molecule has 3 nitrogen and oxygen atoms in total. The van der Waals surface area contributed by atoms with Gasteiger partial charge in [-0.3, -0.25) is 0 Å². The predicted molar refractivity (Wildman–Crippen MR) is 81.1 cm³/mol. The monoisotopic (exact) mass is 289 g/mol. The summed E-state index contributed by atoms with van der Waals surface area (Å²) >= 11 is 0. The predicted octanol–water partition coefficient (Wildman–Crippen LogP) is 3.52. The zero-order chi connectivity index (χ0) is 15.1. The lowest BCUT2D eigenvalue weighted by Gasteiger charge is -2.11. The Morgan fingerprint density at radius 2 is 1.62 bits per heavy atom. The molecule has 0 aliphatic rings. The number of benzene rings is 2. The second-order valence-electron chi connectivity index (χ2n) is 4.65. The summed E-state index contributed by atoms with van der Waals surface area (Å²) in [6.07, 6.45) is 0. The van der Waals surface area contributed by atoms with Crippen LogP contribution in [-0.2, 0) is 13.1 Å². The van der Waals surface area contributed by atoms with Crippen LogP contribution < -0.4 is 14.8 Å². The van der Waals surface area contributed by atoms with Gasteiger partial charge in [-0.2, -0.15) is 0 Å². The fourth-order valence-corrected chi connectivity index (χ4v) is 2.05. The lowest BCUT2D eigenvalue weighted by Crippen LogP contribution is -2.12. The first kappa shape index (κ1) is 15.3. The lowest BCUT2D eigenvalue weighted by molar-refractivity contribution is 0.310. The maximum Gasteiger partial charge on any atom is 0.161 e. The topological polar surface area (TPSA) is 30.5 Å². The molecule has 0 heterocycles. The van der Waals surface area contributed by atoms with Gasteiger partial charge in [0.25, 0.3) is 0 Å². The molecule has 112 valence electrons. The van der Waals surface area contributed by atoms with Crippen molar-refractivity contribution in [1.29, 1.82) is 0 Å². The second-order valence-corrected chi connectivity index (χ2v) is 4.65. The molecule has 0 fully saturated rings. The third kappa shape index (κ3) is 4.46. The van der Waals surface area contributed by atoms with Crippen LogP contribution in [0.25, 0.3) is 0 Å². The zero-order valence-electron chi connectivity index (χ0n) is 12.4. The van der Waals surface area contributed by atoms with Gasteiger partial charge < -0.3 is 14.8 Å². The highest BCUT2D eigenvalue weighted by Crippen LogP contribution is 2.27. The standard InChI is InChI=1S/C17H20FNO2/c1-3-21-16-9-6-14(10-17(16)20-2)12-19-11-13-4-7-15(18)8-5-13/h4-10,19H,3,11-12H2,1-2H3. The van der Waals surface area contributed by atoms with Crippen molar-refractivity contribution in [3.8, 4) is 11.5 Å². The third-order valence-electron chi connectivity index (χ3n) is 3.10. The summed E-state index contributed by atoms with van der Waals surface area (Å²) in [4.78, 5) is 0. The minimum absolute atomic E-state index is 0.213. The molecule has 0 radical (unpaired) electrons. The summed E-state index contributed by atoms with van der Waals surface area (Å²) in [6.45, 7) is 3.95. The molecule has 0 aliphatic carbocycles. The molecule has 0 saturated carbocycles. The van der Waals surface area contributed by atoms with Crippen LogP contribution in [0.1, 0.15) is 18.1 Å². The highest BCUT2D eigenvalue weighted by molar-refractivity contribution is 5.42. The minimum atomic E-state index is -0.213. The number of rotatable bonds is 7. The molecule has 2 aromatic rings. The number of hydrogen-bond acceptors (Lipinski definition) is 3. The number of nitrogens with one attached hydrogen (secondary N) is 1. The number of ether oxygens (including phenoxy) is 2. The molecule has 0 bridgehead atoms. The lowest BCUT2D eigenvalue weighted by atomic mass is 10.2. The van der Waals surface area contributed by atoms with E-state index in [4.69, 9.17) is 9.47 Å². The van der Waals surface area contributed by atoms with E-state index < -0.39 is 0 Å². The smallest absolute Gasteiger partial charge is 0.161 e. The molecule has 0 atom stereocenters. The summed E-state index contributed by atoms with van der Waals surface area (Å²) in [5, 5.41) is 3.32. The number of methoxy groups -OCH3 is 1. The summed E-state index contributed by atoms with van der Waals surface area (Å²) in [6, 6.07) is 12.4. The van der Waals surface area contributed by atoms with Gasteiger partial charge in [0.2, 0.25) is 0 Å². The summed E-state index contributed by atoms with van der Waals surface area (Å²) in [7, 11) is 1.63. The van der Waals surface area contributed by atoms with Gasteiger partial charge in [0, 0.05) is 13.1 Å². The Morgan fingerprint density at radius 3 is 2.29 bits per heavy atom. The molecule has 0 unspecified atom stereocenters. The number of halogens is 1. The van der Waals surface area contributed by atoms with E-state index in [1.54, 1.807) is 19.2 Å². The van der Waals surface area contributed by atoms with Gasteiger partial charge in [-0.1, -0.05) is 18.2 Å².